The smallest absolute Gasteiger partial charge is 0.270 e. The number of H-pyrrole nitrogens is 1. The van der Waals surface area contributed by atoms with Crippen molar-refractivity contribution in [3.05, 3.63) is 69.5 Å². The van der Waals surface area contributed by atoms with Gasteiger partial charge in [-0.15, -0.1) is 5.10 Å². The third-order valence-electron chi connectivity index (χ3n) is 3.34. The van der Waals surface area contributed by atoms with Crippen LogP contribution in [0.1, 0.15) is 11.1 Å². The van der Waals surface area contributed by atoms with Crippen LogP contribution in [0.15, 0.2) is 52.7 Å². The zero-order chi connectivity index (χ0) is 19.2. The minimum Gasteiger partial charge on any atom is -0.507 e. The number of anilines is 1. The van der Waals surface area contributed by atoms with Crippen molar-refractivity contribution in [1.82, 2.24) is 15.2 Å². The lowest BCUT2D eigenvalue weighted by atomic mass is 10.2. The topological polar surface area (TPSA) is 129 Å². The van der Waals surface area contributed by atoms with Gasteiger partial charge in [0.1, 0.15) is 11.6 Å². The van der Waals surface area contributed by atoms with Crippen molar-refractivity contribution in [2.45, 2.75) is 10.9 Å². The first-order valence-electron chi connectivity index (χ1n) is 7.57. The summed E-state index contributed by atoms with van der Waals surface area (Å²) in [6, 6.07) is 9.76. The standard InChI is InChI=1S/C16H13FN6O3S/c17-12-3-1-10(2-4-12)9-27-16-19-15(21-22-16)20-18-8-11-7-13(23(25)26)5-6-14(11)24/h1-8,24H,9H2,(H2,19,20,21,22)/b18-8+. The molecular weight excluding hydrogens is 375 g/mol. The van der Waals surface area contributed by atoms with Crippen molar-refractivity contribution in [3.63, 3.8) is 0 Å². The van der Waals surface area contributed by atoms with E-state index in [1.165, 1.54) is 48.3 Å². The molecule has 3 aromatic rings. The first-order chi connectivity index (χ1) is 13.0. The first kappa shape index (κ1) is 18.3. The van der Waals surface area contributed by atoms with Crippen molar-refractivity contribution in [2.24, 2.45) is 5.10 Å². The maximum atomic E-state index is 12.9. The second-order valence-corrected chi connectivity index (χ2v) is 6.19. The van der Waals surface area contributed by atoms with E-state index < -0.39 is 4.92 Å². The second kappa shape index (κ2) is 8.27. The lowest BCUT2D eigenvalue weighted by Crippen LogP contribution is -1.94. The van der Waals surface area contributed by atoms with Crippen LogP contribution < -0.4 is 5.43 Å². The van der Waals surface area contributed by atoms with Crippen LogP contribution in [-0.4, -0.2) is 31.4 Å². The maximum Gasteiger partial charge on any atom is 0.270 e. The summed E-state index contributed by atoms with van der Waals surface area (Å²) in [6.07, 6.45) is 1.23. The van der Waals surface area contributed by atoms with Gasteiger partial charge in [-0.3, -0.25) is 10.1 Å². The number of hydrogen-bond donors (Lipinski definition) is 3. The van der Waals surface area contributed by atoms with Gasteiger partial charge in [-0.25, -0.2) is 14.9 Å². The molecule has 0 saturated carbocycles. The number of aromatic nitrogens is 3. The highest BCUT2D eigenvalue weighted by Crippen LogP contribution is 2.22. The van der Waals surface area contributed by atoms with E-state index in [4.69, 9.17) is 0 Å². The van der Waals surface area contributed by atoms with Crippen molar-refractivity contribution in [1.29, 1.82) is 0 Å². The summed E-state index contributed by atoms with van der Waals surface area (Å²) in [5, 5.41) is 31.5. The average molecular weight is 388 g/mol. The third kappa shape index (κ3) is 5.01. The Morgan fingerprint density at radius 1 is 1.33 bits per heavy atom. The van der Waals surface area contributed by atoms with Crippen LogP contribution in [0.2, 0.25) is 0 Å². The zero-order valence-electron chi connectivity index (χ0n) is 13.7. The molecule has 0 aliphatic carbocycles. The van der Waals surface area contributed by atoms with Crippen LogP contribution >= 0.6 is 11.8 Å². The van der Waals surface area contributed by atoms with E-state index in [0.29, 0.717) is 10.9 Å². The van der Waals surface area contributed by atoms with E-state index in [1.54, 1.807) is 12.1 Å². The molecule has 0 amide bonds. The van der Waals surface area contributed by atoms with Gasteiger partial charge in [0.15, 0.2) is 0 Å². The minimum atomic E-state index is -0.564. The number of nitrogens with zero attached hydrogens (tertiary/aromatic N) is 4. The van der Waals surface area contributed by atoms with Gasteiger partial charge in [0, 0.05) is 23.4 Å². The van der Waals surface area contributed by atoms with E-state index in [9.17, 15) is 19.6 Å². The number of phenols is 1. The summed E-state index contributed by atoms with van der Waals surface area (Å²) in [7, 11) is 0. The molecule has 0 unspecified atom stereocenters. The number of thioether (sulfide) groups is 1. The summed E-state index contributed by atoms with van der Waals surface area (Å²) in [5.74, 6) is 0.403. The largest absolute Gasteiger partial charge is 0.507 e. The SMILES string of the molecule is O=[N+]([O-])c1ccc(O)c(/C=N/Nc2nc(SCc3ccc(F)cc3)n[nH]2)c1. The number of benzene rings is 2. The molecule has 0 atom stereocenters. The Morgan fingerprint density at radius 3 is 2.85 bits per heavy atom. The van der Waals surface area contributed by atoms with Gasteiger partial charge in [0.05, 0.1) is 11.1 Å². The number of nitrogens with one attached hydrogen (secondary N) is 2. The molecule has 11 heteroatoms. The Labute approximate surface area is 156 Å². The second-order valence-electron chi connectivity index (χ2n) is 5.25. The third-order valence-corrected chi connectivity index (χ3v) is 4.26. The van der Waals surface area contributed by atoms with Crippen LogP contribution in [-0.2, 0) is 5.75 Å². The Kier molecular flexibility index (Phi) is 5.61. The van der Waals surface area contributed by atoms with Crippen LogP contribution in [0.4, 0.5) is 16.0 Å². The van der Waals surface area contributed by atoms with Crippen molar-refractivity contribution in [2.75, 3.05) is 5.43 Å². The molecule has 27 heavy (non-hydrogen) atoms. The Balaban J connectivity index is 1.58. The van der Waals surface area contributed by atoms with Gasteiger partial charge in [-0.05, 0) is 23.8 Å². The average Bonchev–Trinajstić information content (AvgIpc) is 3.10. The number of aromatic amines is 1. The normalized spacial score (nSPS) is 11.0. The molecule has 3 rings (SSSR count). The van der Waals surface area contributed by atoms with Gasteiger partial charge in [0.2, 0.25) is 11.1 Å². The molecule has 2 aromatic carbocycles. The van der Waals surface area contributed by atoms with Crippen molar-refractivity contribution < 1.29 is 14.4 Å². The van der Waals surface area contributed by atoms with Gasteiger partial charge >= 0.3 is 0 Å². The van der Waals surface area contributed by atoms with Crippen LogP contribution in [0.3, 0.4) is 0 Å². The quantitative estimate of drug-likeness (QED) is 0.245. The Morgan fingerprint density at radius 2 is 2.11 bits per heavy atom. The fourth-order valence-electron chi connectivity index (χ4n) is 2.01. The number of phenolic OH excluding ortho intramolecular Hbond substituents is 1. The number of halogens is 1. The fraction of sp³-hybridized carbons (Fsp3) is 0.0625. The number of hydrogen-bond acceptors (Lipinski definition) is 8. The zero-order valence-corrected chi connectivity index (χ0v) is 14.5. The number of rotatable bonds is 7. The number of nitro benzene ring substituents is 1. The van der Waals surface area contributed by atoms with Gasteiger partial charge in [-0.2, -0.15) is 10.1 Å². The monoisotopic (exact) mass is 388 g/mol. The molecule has 0 aliphatic rings. The molecule has 0 aliphatic heterocycles. The predicted molar refractivity (Wildman–Crippen MR) is 98.3 cm³/mol. The fourth-order valence-corrected chi connectivity index (χ4v) is 2.77. The van der Waals surface area contributed by atoms with Crippen molar-refractivity contribution in [3.8, 4) is 5.75 Å². The number of non-ortho nitro benzene ring substituents is 1. The van der Waals surface area contributed by atoms with E-state index in [2.05, 4.69) is 25.7 Å². The van der Waals surface area contributed by atoms with Crippen LogP contribution in [0.5, 0.6) is 5.75 Å². The number of aromatic hydroxyl groups is 1. The summed E-state index contributed by atoms with van der Waals surface area (Å²) in [6.45, 7) is 0. The predicted octanol–water partition coefficient (Wildman–Crippen LogP) is 3.30. The molecule has 1 heterocycles. The maximum absolute atomic E-state index is 12.9. The molecule has 0 spiro atoms. The highest BCUT2D eigenvalue weighted by Gasteiger charge is 2.09. The molecule has 3 N–H and O–H groups in total. The highest BCUT2D eigenvalue weighted by molar-refractivity contribution is 7.98. The molecule has 138 valence electrons. The molecule has 0 saturated heterocycles. The Hall–Kier alpha value is -3.47. The summed E-state index contributed by atoms with van der Waals surface area (Å²) >= 11 is 1.35. The molecule has 0 radical (unpaired) electrons. The molecule has 0 bridgehead atoms. The van der Waals surface area contributed by atoms with Crippen LogP contribution in [0, 0.1) is 15.9 Å². The van der Waals surface area contributed by atoms with Gasteiger partial charge in [0.25, 0.3) is 5.69 Å². The first-order valence-corrected chi connectivity index (χ1v) is 8.56. The van der Waals surface area contributed by atoms with E-state index in [0.717, 1.165) is 5.56 Å². The summed E-state index contributed by atoms with van der Waals surface area (Å²) in [5.41, 5.74) is 3.55. The highest BCUT2D eigenvalue weighted by atomic mass is 32.2. The molecule has 0 fully saturated rings. The van der Waals surface area contributed by atoms with Crippen molar-refractivity contribution >= 4 is 29.6 Å². The minimum absolute atomic E-state index is 0.140. The summed E-state index contributed by atoms with van der Waals surface area (Å²) < 4.78 is 12.9. The number of hydrazone groups is 1. The molecular formula is C16H13FN6O3S. The van der Waals surface area contributed by atoms with E-state index in [1.807, 2.05) is 0 Å². The number of nitro groups is 1. The van der Waals surface area contributed by atoms with Crippen LogP contribution in [0.25, 0.3) is 0 Å². The molecule has 1 aromatic heterocycles. The van der Waals surface area contributed by atoms with Gasteiger partial charge in [-0.1, -0.05) is 23.9 Å². The summed E-state index contributed by atoms with van der Waals surface area (Å²) in [4.78, 5) is 14.4. The Bertz CT molecular complexity index is 977. The van der Waals surface area contributed by atoms with Gasteiger partial charge < -0.3 is 5.11 Å². The van der Waals surface area contributed by atoms with E-state index in [-0.39, 0.29) is 28.8 Å². The lowest BCUT2D eigenvalue weighted by molar-refractivity contribution is -0.384. The lowest BCUT2D eigenvalue weighted by Gasteiger charge is -1.99. The van der Waals surface area contributed by atoms with E-state index >= 15 is 0 Å². The molecule has 9 nitrogen and oxygen atoms in total.